The van der Waals surface area contributed by atoms with Crippen molar-refractivity contribution in [1.29, 1.82) is 0 Å². The molecule has 0 aromatic carbocycles. The van der Waals surface area contributed by atoms with Crippen LogP contribution in [0.3, 0.4) is 0 Å². The Hall–Kier alpha value is -1.04. The van der Waals surface area contributed by atoms with Crippen LogP contribution in [0.1, 0.15) is 52.4 Å². The van der Waals surface area contributed by atoms with Crippen molar-refractivity contribution >= 4 is 0 Å². The van der Waals surface area contributed by atoms with Crippen LogP contribution < -0.4 is 0 Å². The molecule has 1 fully saturated rings. The van der Waals surface area contributed by atoms with E-state index in [1.54, 1.807) is 0 Å². The minimum atomic E-state index is 0.712. The highest BCUT2D eigenvalue weighted by Crippen LogP contribution is 2.38. The molecular weight excluding hydrogens is 240 g/mol. The van der Waals surface area contributed by atoms with Gasteiger partial charge in [-0.25, -0.2) is 0 Å². The van der Waals surface area contributed by atoms with Gasteiger partial charge < -0.3 is 0 Å². The van der Waals surface area contributed by atoms with E-state index >= 15 is 0 Å². The summed E-state index contributed by atoms with van der Waals surface area (Å²) >= 11 is 0. The van der Waals surface area contributed by atoms with Crippen LogP contribution in [0.4, 0.5) is 0 Å². The first kappa shape index (κ1) is 13.9. The van der Waals surface area contributed by atoms with Crippen molar-refractivity contribution in [1.82, 2.24) is 0 Å². The van der Waals surface area contributed by atoms with Crippen LogP contribution in [0.25, 0.3) is 0 Å². The molecule has 0 aromatic rings. The van der Waals surface area contributed by atoms with Gasteiger partial charge in [-0.2, -0.15) is 0 Å². The Morgan fingerprint density at radius 1 is 0.800 bits per heavy atom. The molecule has 0 heterocycles. The van der Waals surface area contributed by atoms with Crippen molar-refractivity contribution < 1.29 is 0 Å². The highest BCUT2D eigenvalue weighted by atomic mass is 14.3. The lowest BCUT2D eigenvalue weighted by Crippen LogP contribution is -2.20. The van der Waals surface area contributed by atoms with Crippen molar-refractivity contribution in [3.63, 3.8) is 0 Å². The molecule has 0 aliphatic heterocycles. The van der Waals surface area contributed by atoms with Gasteiger partial charge in [0.05, 0.1) is 0 Å². The van der Waals surface area contributed by atoms with Gasteiger partial charge in [-0.3, -0.25) is 0 Å². The molecule has 2 unspecified atom stereocenters. The lowest BCUT2D eigenvalue weighted by Gasteiger charge is -2.32. The van der Waals surface area contributed by atoms with Crippen molar-refractivity contribution in [3.8, 4) is 0 Å². The minimum absolute atomic E-state index is 0.712. The summed E-state index contributed by atoms with van der Waals surface area (Å²) in [7, 11) is 0. The Morgan fingerprint density at radius 3 is 2.00 bits per heavy atom. The molecule has 3 aliphatic rings. The third-order valence-corrected chi connectivity index (χ3v) is 5.45. The van der Waals surface area contributed by atoms with E-state index < -0.39 is 0 Å². The predicted molar refractivity (Wildman–Crippen MR) is 87.5 cm³/mol. The van der Waals surface area contributed by atoms with Gasteiger partial charge in [-0.05, 0) is 60.5 Å². The first-order valence-electron chi connectivity index (χ1n) is 8.49. The summed E-state index contributed by atoms with van der Waals surface area (Å²) in [4.78, 5) is 0. The summed E-state index contributed by atoms with van der Waals surface area (Å²) in [5.41, 5.74) is 2.89. The summed E-state index contributed by atoms with van der Waals surface area (Å²) in [6.07, 6.45) is 22.7. The van der Waals surface area contributed by atoms with Crippen LogP contribution in [0.5, 0.6) is 0 Å². The Kier molecular flexibility index (Phi) is 4.29. The Balaban J connectivity index is 1.59. The normalized spacial score (nSPS) is 37.5. The fourth-order valence-corrected chi connectivity index (χ4v) is 3.86. The van der Waals surface area contributed by atoms with Gasteiger partial charge in [0.15, 0.2) is 0 Å². The summed E-state index contributed by atoms with van der Waals surface area (Å²) in [5.74, 6) is 3.42. The zero-order valence-corrected chi connectivity index (χ0v) is 13.0. The van der Waals surface area contributed by atoms with Gasteiger partial charge in [-0.15, -0.1) is 0 Å². The van der Waals surface area contributed by atoms with Crippen LogP contribution in [0, 0.1) is 23.7 Å². The molecule has 2 atom stereocenters. The second kappa shape index (κ2) is 6.16. The van der Waals surface area contributed by atoms with Crippen LogP contribution in [0.15, 0.2) is 47.6 Å². The lowest BCUT2D eigenvalue weighted by atomic mass is 9.73. The van der Waals surface area contributed by atoms with Crippen molar-refractivity contribution in [2.45, 2.75) is 52.4 Å². The van der Waals surface area contributed by atoms with E-state index in [1.165, 1.54) is 49.7 Å². The van der Waals surface area contributed by atoms with E-state index in [1.807, 2.05) is 0 Å². The Morgan fingerprint density at radius 2 is 1.45 bits per heavy atom. The van der Waals surface area contributed by atoms with Gasteiger partial charge in [0.25, 0.3) is 0 Å². The molecule has 0 radical (unpaired) electrons. The van der Waals surface area contributed by atoms with E-state index in [9.17, 15) is 0 Å². The minimum Gasteiger partial charge on any atom is -0.0808 e. The van der Waals surface area contributed by atoms with Gasteiger partial charge in [0.1, 0.15) is 0 Å². The fourth-order valence-electron chi connectivity index (χ4n) is 3.86. The van der Waals surface area contributed by atoms with Gasteiger partial charge >= 0.3 is 0 Å². The molecule has 0 N–H and O–H groups in total. The maximum Gasteiger partial charge on any atom is -0.0167 e. The molecule has 1 saturated carbocycles. The zero-order valence-electron chi connectivity index (χ0n) is 13.0. The van der Waals surface area contributed by atoms with Crippen LogP contribution >= 0.6 is 0 Å². The molecule has 0 spiro atoms. The average Bonchev–Trinajstić information content (AvgIpc) is 2.49. The van der Waals surface area contributed by atoms with Crippen LogP contribution in [-0.4, -0.2) is 0 Å². The van der Waals surface area contributed by atoms with Crippen LogP contribution in [-0.2, 0) is 0 Å². The number of rotatable bonds is 2. The SMILES string of the molecule is CC1C=CC(C2=CCC(C3CCC(C)CC3)C=C2)=CC1. The molecule has 0 heteroatoms. The molecule has 20 heavy (non-hydrogen) atoms. The van der Waals surface area contributed by atoms with Gasteiger partial charge in [-0.1, -0.05) is 63.1 Å². The van der Waals surface area contributed by atoms with Gasteiger partial charge in [0.2, 0.25) is 0 Å². The molecule has 3 aliphatic carbocycles. The van der Waals surface area contributed by atoms with Crippen LogP contribution in [0.2, 0.25) is 0 Å². The molecule has 0 aromatic heterocycles. The van der Waals surface area contributed by atoms with Crippen molar-refractivity contribution in [2.24, 2.45) is 23.7 Å². The van der Waals surface area contributed by atoms with E-state index in [4.69, 9.17) is 0 Å². The van der Waals surface area contributed by atoms with E-state index in [0.29, 0.717) is 5.92 Å². The molecule has 0 amide bonds. The van der Waals surface area contributed by atoms with Crippen molar-refractivity contribution in [3.05, 3.63) is 47.6 Å². The molecule has 0 saturated heterocycles. The highest BCUT2D eigenvalue weighted by molar-refractivity contribution is 5.49. The first-order chi connectivity index (χ1) is 9.72. The fraction of sp³-hybridized carbons (Fsp3) is 0.600. The lowest BCUT2D eigenvalue weighted by molar-refractivity contribution is 0.239. The number of allylic oxidation sites excluding steroid dienone is 8. The average molecular weight is 268 g/mol. The number of hydrogen-bond donors (Lipinski definition) is 0. The van der Waals surface area contributed by atoms with E-state index in [-0.39, 0.29) is 0 Å². The third-order valence-electron chi connectivity index (χ3n) is 5.45. The Bertz CT molecular complexity index is 452. The molecule has 0 bridgehead atoms. The third kappa shape index (κ3) is 3.16. The standard InChI is InChI=1S/C20H28/c1-15-3-7-17(8-4-15)19-11-13-20(14-12-19)18-9-5-16(2)6-10-18/h3,7-8,11-13,15-16,18,20H,4-6,9-10,14H2,1-2H3. The summed E-state index contributed by atoms with van der Waals surface area (Å²) < 4.78 is 0. The summed E-state index contributed by atoms with van der Waals surface area (Å²) in [6, 6.07) is 0. The smallest absolute Gasteiger partial charge is 0.0167 e. The maximum absolute atomic E-state index is 2.50. The second-order valence-electron chi connectivity index (χ2n) is 7.17. The zero-order chi connectivity index (χ0) is 13.9. The predicted octanol–water partition coefficient (Wildman–Crippen LogP) is 5.84. The molecule has 108 valence electrons. The number of hydrogen-bond acceptors (Lipinski definition) is 0. The second-order valence-corrected chi connectivity index (χ2v) is 7.17. The summed E-state index contributed by atoms with van der Waals surface area (Å²) in [6.45, 7) is 4.70. The quantitative estimate of drug-likeness (QED) is 0.590. The maximum atomic E-state index is 2.50. The monoisotopic (exact) mass is 268 g/mol. The van der Waals surface area contributed by atoms with E-state index in [0.717, 1.165) is 17.8 Å². The first-order valence-corrected chi connectivity index (χ1v) is 8.49. The highest BCUT2D eigenvalue weighted by Gasteiger charge is 2.25. The Labute approximate surface area is 124 Å². The molecule has 3 rings (SSSR count). The molecule has 0 nitrogen and oxygen atoms in total. The van der Waals surface area contributed by atoms with Crippen molar-refractivity contribution in [2.75, 3.05) is 0 Å². The molecular formula is C20H28. The largest absolute Gasteiger partial charge is 0.0808 e. The topological polar surface area (TPSA) is 0 Å². The van der Waals surface area contributed by atoms with Gasteiger partial charge in [0, 0.05) is 0 Å². The summed E-state index contributed by atoms with van der Waals surface area (Å²) in [5, 5.41) is 0. The van der Waals surface area contributed by atoms with E-state index in [2.05, 4.69) is 50.3 Å².